The minimum atomic E-state index is -4.89. The molecule has 4 amide bonds. The molecular weight excluding hydrogens is 662 g/mol. The third-order valence-corrected chi connectivity index (χ3v) is 7.66. The number of nitrogens with one attached hydrogen (secondary N) is 4. The Bertz CT molecular complexity index is 1850. The summed E-state index contributed by atoms with van der Waals surface area (Å²) in [5.41, 5.74) is 11.5. The van der Waals surface area contributed by atoms with Crippen molar-refractivity contribution in [2.75, 3.05) is 32.7 Å². The fraction of sp³-hybridized carbons (Fsp3) is 0. The Hall–Kier alpha value is -3.49. The maximum Gasteiger partial charge on any atom is 0.323 e. The van der Waals surface area contributed by atoms with E-state index in [-0.39, 0.29) is 93.0 Å². The van der Waals surface area contributed by atoms with Crippen molar-refractivity contribution >= 4 is 131 Å². The Morgan fingerprint density at radius 1 is 0.522 bits per heavy atom. The maximum absolute atomic E-state index is 12.6. The minimum Gasteiger partial charge on any atom is -0.399 e. The van der Waals surface area contributed by atoms with E-state index in [1.54, 1.807) is 0 Å². The second-order valence-corrected chi connectivity index (χ2v) is 11.9. The van der Waals surface area contributed by atoms with Crippen LogP contribution in [0.15, 0.2) is 94.7 Å². The number of carbonyl (C=O) groups excluding carboxylic acids is 3. The van der Waals surface area contributed by atoms with E-state index in [4.69, 9.17) is 11.5 Å². The summed E-state index contributed by atoms with van der Waals surface area (Å²) in [5, 5.41) is 9.34. The normalized spacial score (nSPS) is 10.8. The van der Waals surface area contributed by atoms with E-state index in [2.05, 4.69) is 21.3 Å². The van der Waals surface area contributed by atoms with Crippen molar-refractivity contribution in [3.8, 4) is 0 Å². The number of amides is 4. The van der Waals surface area contributed by atoms with Gasteiger partial charge in [0.2, 0.25) is 0 Å². The average Bonchev–Trinajstić information content (AvgIpc) is 2.94. The van der Waals surface area contributed by atoms with Crippen LogP contribution in [0, 0.1) is 0 Å². The van der Waals surface area contributed by atoms with E-state index in [9.17, 15) is 40.3 Å². The van der Waals surface area contributed by atoms with Crippen LogP contribution in [0.3, 0.4) is 0 Å². The molecule has 0 bridgehead atoms. The Morgan fingerprint density at radius 2 is 0.848 bits per heavy atom. The number of carbonyl (C=O) groups is 3. The molecule has 0 saturated heterocycles. The van der Waals surface area contributed by atoms with Gasteiger partial charge in [0.1, 0.15) is 9.79 Å². The summed E-state index contributed by atoms with van der Waals surface area (Å²) in [5.74, 6) is -1.40. The van der Waals surface area contributed by atoms with E-state index in [1.165, 1.54) is 60.7 Å². The van der Waals surface area contributed by atoms with Crippen molar-refractivity contribution in [1.82, 2.24) is 0 Å². The summed E-state index contributed by atoms with van der Waals surface area (Å²) in [6, 6.07) is 17.0. The molecule has 0 heterocycles. The van der Waals surface area contributed by atoms with Crippen molar-refractivity contribution in [3.05, 3.63) is 96.1 Å². The van der Waals surface area contributed by atoms with Gasteiger partial charge in [-0.1, -0.05) is 0 Å². The fourth-order valence-corrected chi connectivity index (χ4v) is 5.13. The van der Waals surface area contributed by atoms with Gasteiger partial charge in [-0.15, -0.1) is 0 Å². The largest absolute Gasteiger partial charge is 0.399 e. The zero-order valence-electron chi connectivity index (χ0n) is 24.3. The molecule has 0 spiro atoms. The van der Waals surface area contributed by atoms with Gasteiger partial charge in [-0.3, -0.25) is 18.7 Å². The van der Waals surface area contributed by atoms with Crippen LogP contribution in [0.2, 0.25) is 0 Å². The molecule has 230 valence electrons. The van der Waals surface area contributed by atoms with Gasteiger partial charge in [0.25, 0.3) is 32.1 Å². The van der Waals surface area contributed by atoms with Gasteiger partial charge in [-0.05, 0) is 84.9 Å². The van der Waals surface area contributed by atoms with E-state index >= 15 is 0 Å². The van der Waals surface area contributed by atoms with Gasteiger partial charge in [-0.2, -0.15) is 16.8 Å². The molecule has 10 N–H and O–H groups in total. The number of hydrogen-bond donors (Lipinski definition) is 8. The molecular formula is C27H24N6Na2O9S2. The predicted octanol–water partition coefficient (Wildman–Crippen LogP) is 2.73. The third kappa shape index (κ3) is 10.3. The number of benzene rings is 4. The summed E-state index contributed by atoms with van der Waals surface area (Å²) in [7, 11) is -9.77. The number of rotatable bonds is 8. The van der Waals surface area contributed by atoms with Crippen molar-refractivity contribution in [2.45, 2.75) is 9.79 Å². The number of nitrogen functional groups attached to an aromatic ring is 2. The number of nitrogens with two attached hydrogens (primary N) is 2. The van der Waals surface area contributed by atoms with Gasteiger partial charge in [0, 0.05) is 93.0 Å². The van der Waals surface area contributed by atoms with Crippen molar-refractivity contribution in [2.24, 2.45) is 0 Å². The van der Waals surface area contributed by atoms with Crippen molar-refractivity contribution in [1.29, 1.82) is 0 Å². The van der Waals surface area contributed by atoms with Gasteiger partial charge in [-0.25, -0.2) is 4.79 Å². The Balaban J connectivity index is 0.00000368. The molecule has 0 saturated carbocycles. The molecule has 0 aliphatic rings. The van der Waals surface area contributed by atoms with Crippen LogP contribution in [-0.2, 0) is 20.2 Å². The van der Waals surface area contributed by atoms with E-state index in [0.717, 1.165) is 24.3 Å². The number of anilines is 6. The predicted molar refractivity (Wildman–Crippen MR) is 174 cm³/mol. The number of hydrogen-bond acceptors (Lipinski definition) is 9. The molecule has 0 aliphatic heterocycles. The van der Waals surface area contributed by atoms with E-state index in [0.29, 0.717) is 11.4 Å². The molecule has 4 rings (SSSR count). The molecule has 0 atom stereocenters. The fourth-order valence-electron chi connectivity index (χ4n) is 3.78. The zero-order valence-corrected chi connectivity index (χ0v) is 29.9. The molecule has 46 heavy (non-hydrogen) atoms. The second kappa shape index (κ2) is 15.9. The maximum atomic E-state index is 12.6. The van der Waals surface area contributed by atoms with Gasteiger partial charge < -0.3 is 32.7 Å². The molecule has 0 unspecified atom stereocenters. The van der Waals surface area contributed by atoms with Crippen LogP contribution in [-0.4, -0.2) is 103 Å². The van der Waals surface area contributed by atoms with Crippen LogP contribution < -0.4 is 32.7 Å². The first-order valence-electron chi connectivity index (χ1n) is 12.2. The van der Waals surface area contributed by atoms with Crippen LogP contribution in [0.4, 0.5) is 38.9 Å². The SMILES string of the molecule is Nc1ccc(C(=O)Nc2ccc(NC(=O)Nc3ccc(NC(=O)c4ccc(N)cc4)c(S(=O)(=O)O)c3)cc2S(=O)(=O)O)cc1.[Na].[Na]. The summed E-state index contributed by atoms with van der Waals surface area (Å²) < 4.78 is 67.6. The zero-order chi connectivity index (χ0) is 32.2. The molecule has 4 aromatic rings. The Kier molecular flexibility index (Phi) is 13.4. The van der Waals surface area contributed by atoms with E-state index < -0.39 is 47.9 Å². The van der Waals surface area contributed by atoms with Gasteiger partial charge in [0.05, 0.1) is 11.4 Å². The summed E-state index contributed by atoms with van der Waals surface area (Å²) in [6.07, 6.45) is 0. The van der Waals surface area contributed by atoms with Gasteiger partial charge >= 0.3 is 6.03 Å². The van der Waals surface area contributed by atoms with Crippen LogP contribution in [0.5, 0.6) is 0 Å². The van der Waals surface area contributed by atoms with Gasteiger partial charge in [0.15, 0.2) is 0 Å². The monoisotopic (exact) mass is 686 g/mol. The quantitative estimate of drug-likeness (QED) is 0.0759. The van der Waals surface area contributed by atoms with Crippen LogP contribution in [0.25, 0.3) is 0 Å². The topological polar surface area (TPSA) is 260 Å². The smallest absolute Gasteiger partial charge is 0.323 e. The Morgan fingerprint density at radius 3 is 1.15 bits per heavy atom. The molecule has 2 radical (unpaired) electrons. The second-order valence-electron chi connectivity index (χ2n) is 9.10. The minimum absolute atomic E-state index is 0. The first-order valence-corrected chi connectivity index (χ1v) is 15.1. The first-order chi connectivity index (χ1) is 20.6. The molecule has 4 aromatic carbocycles. The summed E-state index contributed by atoms with van der Waals surface area (Å²) >= 11 is 0. The standard InChI is InChI=1S/C27H24N6O9S2.2Na/c28-17-5-1-15(2-6-17)25(34)32-21-11-9-19(13-23(21)43(37,38)39)30-27(36)31-20-10-12-22(24(14-20)44(40,41)42)33-26(35)16-3-7-18(29)8-4-16;;/h1-14H,28-29H2,(H,32,34)(H,33,35)(H2,30,31,36)(H,37,38,39)(H,40,41,42);;. The summed E-state index contributed by atoms with van der Waals surface area (Å²) in [6.45, 7) is 0. The van der Waals surface area contributed by atoms with E-state index in [1.807, 2.05) is 0 Å². The average molecular weight is 687 g/mol. The Labute approximate surface area is 307 Å². The first kappa shape index (κ1) is 38.7. The molecule has 0 fully saturated rings. The van der Waals surface area contributed by atoms with Crippen molar-refractivity contribution in [3.63, 3.8) is 0 Å². The van der Waals surface area contributed by atoms with Crippen LogP contribution >= 0.6 is 0 Å². The van der Waals surface area contributed by atoms with Crippen molar-refractivity contribution < 1.29 is 40.3 Å². The molecule has 0 aliphatic carbocycles. The van der Waals surface area contributed by atoms with Crippen LogP contribution in [0.1, 0.15) is 20.7 Å². The third-order valence-electron chi connectivity index (χ3n) is 5.88. The molecule has 0 aromatic heterocycles. The molecule has 19 heteroatoms. The summed E-state index contributed by atoms with van der Waals surface area (Å²) in [4.78, 5) is 36.3. The molecule has 15 nitrogen and oxygen atoms in total. The number of urea groups is 1.